The van der Waals surface area contributed by atoms with E-state index in [1.807, 2.05) is 0 Å². The van der Waals surface area contributed by atoms with E-state index in [-0.39, 0.29) is 29.7 Å². The molecule has 2 heterocycles. The molecule has 3 fully saturated rings. The number of piperidine rings is 1. The van der Waals surface area contributed by atoms with E-state index in [9.17, 15) is 9.59 Å². The number of nitrogens with zero attached hydrogens (tertiary/aromatic N) is 1. The third kappa shape index (κ3) is 1.24. The summed E-state index contributed by atoms with van der Waals surface area (Å²) in [5, 5.41) is 3.26. The lowest BCUT2D eigenvalue weighted by Gasteiger charge is -2.30. The maximum Gasteiger partial charge on any atom is 0.233 e. The fourth-order valence-electron chi connectivity index (χ4n) is 2.97. The van der Waals surface area contributed by atoms with Crippen molar-refractivity contribution in [3.05, 3.63) is 0 Å². The SMILES string of the molecule is O=C1C2CCC2C(=O)N1C1CCCNC1. The van der Waals surface area contributed by atoms with E-state index >= 15 is 0 Å². The fraction of sp³-hybridized carbons (Fsp3) is 0.818. The summed E-state index contributed by atoms with van der Waals surface area (Å²) in [7, 11) is 0. The molecule has 0 aromatic rings. The molecule has 1 saturated carbocycles. The predicted molar refractivity (Wildman–Crippen MR) is 54.0 cm³/mol. The van der Waals surface area contributed by atoms with Crippen LogP contribution in [0.15, 0.2) is 0 Å². The molecule has 0 bridgehead atoms. The van der Waals surface area contributed by atoms with Gasteiger partial charge in [0.15, 0.2) is 0 Å². The van der Waals surface area contributed by atoms with Crippen molar-refractivity contribution in [2.75, 3.05) is 13.1 Å². The lowest BCUT2D eigenvalue weighted by Crippen LogP contribution is -2.48. The first kappa shape index (κ1) is 9.33. The maximum absolute atomic E-state index is 12.0. The van der Waals surface area contributed by atoms with Gasteiger partial charge in [-0.25, -0.2) is 0 Å². The average molecular weight is 208 g/mol. The van der Waals surface area contributed by atoms with E-state index in [0.717, 1.165) is 38.8 Å². The number of hydrogen-bond acceptors (Lipinski definition) is 3. The van der Waals surface area contributed by atoms with Crippen molar-refractivity contribution in [1.82, 2.24) is 10.2 Å². The highest BCUT2D eigenvalue weighted by atomic mass is 16.2. The fourth-order valence-corrected chi connectivity index (χ4v) is 2.97. The van der Waals surface area contributed by atoms with Crippen LogP contribution in [0.1, 0.15) is 25.7 Å². The normalized spacial score (nSPS) is 40.3. The highest BCUT2D eigenvalue weighted by Gasteiger charge is 2.54. The van der Waals surface area contributed by atoms with Crippen LogP contribution >= 0.6 is 0 Å². The molecule has 3 aliphatic rings. The number of likely N-dealkylation sites (tertiary alicyclic amines) is 1. The van der Waals surface area contributed by atoms with Crippen LogP contribution in [0.3, 0.4) is 0 Å². The molecular formula is C11H16N2O2. The number of carbonyl (C=O) groups is 2. The molecule has 2 amide bonds. The molecule has 82 valence electrons. The van der Waals surface area contributed by atoms with Crippen LogP contribution < -0.4 is 5.32 Å². The molecule has 0 spiro atoms. The zero-order valence-corrected chi connectivity index (χ0v) is 8.74. The standard InChI is InChI=1S/C11H16N2O2/c14-10-8-3-4-9(8)11(15)13(10)7-2-1-5-12-6-7/h7-9,12H,1-6H2. The molecule has 3 rings (SSSR count). The van der Waals surface area contributed by atoms with E-state index in [2.05, 4.69) is 5.32 Å². The Morgan fingerprint density at radius 3 is 2.20 bits per heavy atom. The quantitative estimate of drug-likeness (QED) is 0.623. The molecule has 0 aromatic carbocycles. The minimum absolute atomic E-state index is 0.0411. The summed E-state index contributed by atoms with van der Waals surface area (Å²) in [6, 6.07) is 0.129. The smallest absolute Gasteiger partial charge is 0.233 e. The number of carbonyl (C=O) groups excluding carboxylic acids is 2. The van der Waals surface area contributed by atoms with Gasteiger partial charge in [0.05, 0.1) is 17.9 Å². The summed E-state index contributed by atoms with van der Waals surface area (Å²) >= 11 is 0. The summed E-state index contributed by atoms with van der Waals surface area (Å²) in [5.74, 6) is 0.286. The molecule has 1 N–H and O–H groups in total. The topological polar surface area (TPSA) is 49.4 Å². The first-order chi connectivity index (χ1) is 7.29. The van der Waals surface area contributed by atoms with Crippen molar-refractivity contribution in [3.8, 4) is 0 Å². The molecule has 2 aliphatic heterocycles. The van der Waals surface area contributed by atoms with Gasteiger partial charge in [-0.3, -0.25) is 14.5 Å². The van der Waals surface area contributed by atoms with Crippen molar-refractivity contribution in [3.63, 3.8) is 0 Å². The third-order valence-electron chi connectivity index (χ3n) is 4.02. The second kappa shape index (κ2) is 3.30. The van der Waals surface area contributed by atoms with Crippen LogP contribution in [0.25, 0.3) is 0 Å². The number of imide groups is 1. The van der Waals surface area contributed by atoms with Crippen molar-refractivity contribution in [1.29, 1.82) is 0 Å². The van der Waals surface area contributed by atoms with Crippen LogP contribution in [-0.2, 0) is 9.59 Å². The summed E-state index contributed by atoms with van der Waals surface area (Å²) in [5.41, 5.74) is 0. The lowest BCUT2D eigenvalue weighted by molar-refractivity contribution is -0.142. The minimum atomic E-state index is 0.0411. The van der Waals surface area contributed by atoms with Gasteiger partial charge in [-0.05, 0) is 32.2 Å². The van der Waals surface area contributed by atoms with Crippen molar-refractivity contribution in [2.45, 2.75) is 31.7 Å². The van der Waals surface area contributed by atoms with Gasteiger partial charge >= 0.3 is 0 Å². The summed E-state index contributed by atoms with van der Waals surface area (Å²) in [6.07, 6.45) is 3.89. The Morgan fingerprint density at radius 1 is 1.07 bits per heavy atom. The van der Waals surface area contributed by atoms with Gasteiger partial charge in [0, 0.05) is 6.54 Å². The van der Waals surface area contributed by atoms with Crippen LogP contribution in [0, 0.1) is 11.8 Å². The van der Waals surface area contributed by atoms with Crippen LogP contribution in [0.4, 0.5) is 0 Å². The molecule has 4 nitrogen and oxygen atoms in total. The Kier molecular flexibility index (Phi) is 2.06. The highest BCUT2D eigenvalue weighted by Crippen LogP contribution is 2.43. The number of nitrogens with one attached hydrogen (secondary N) is 1. The monoisotopic (exact) mass is 208 g/mol. The zero-order chi connectivity index (χ0) is 10.4. The largest absolute Gasteiger partial charge is 0.315 e. The van der Waals surface area contributed by atoms with E-state index < -0.39 is 0 Å². The molecule has 3 unspecified atom stereocenters. The summed E-state index contributed by atoms with van der Waals surface area (Å²) < 4.78 is 0. The molecular weight excluding hydrogens is 192 g/mol. The predicted octanol–water partition coefficient (Wildman–Crippen LogP) is 0.133. The summed E-state index contributed by atoms with van der Waals surface area (Å²) in [4.78, 5) is 25.5. The average Bonchev–Trinajstić information content (AvgIpc) is 2.33. The second-order valence-corrected chi connectivity index (χ2v) is 4.84. The van der Waals surface area contributed by atoms with Crippen molar-refractivity contribution in [2.24, 2.45) is 11.8 Å². The summed E-state index contributed by atoms with van der Waals surface area (Å²) in [6.45, 7) is 1.80. The number of rotatable bonds is 1. The zero-order valence-electron chi connectivity index (χ0n) is 8.74. The Morgan fingerprint density at radius 2 is 1.73 bits per heavy atom. The van der Waals surface area contributed by atoms with E-state index in [1.165, 1.54) is 0 Å². The van der Waals surface area contributed by atoms with Crippen molar-refractivity contribution >= 4 is 11.8 Å². The minimum Gasteiger partial charge on any atom is -0.315 e. The molecule has 4 heteroatoms. The van der Waals surface area contributed by atoms with Gasteiger partial charge in [0.1, 0.15) is 0 Å². The Labute approximate surface area is 89.0 Å². The number of hydrogen-bond donors (Lipinski definition) is 1. The van der Waals surface area contributed by atoms with Crippen LogP contribution in [0.5, 0.6) is 0 Å². The molecule has 1 aliphatic carbocycles. The Balaban J connectivity index is 1.79. The van der Waals surface area contributed by atoms with Gasteiger partial charge in [0.25, 0.3) is 0 Å². The molecule has 15 heavy (non-hydrogen) atoms. The first-order valence-electron chi connectivity index (χ1n) is 5.86. The maximum atomic E-state index is 12.0. The van der Waals surface area contributed by atoms with Gasteiger partial charge in [-0.2, -0.15) is 0 Å². The lowest BCUT2D eigenvalue weighted by atomic mass is 9.76. The van der Waals surface area contributed by atoms with Crippen LogP contribution in [0.2, 0.25) is 0 Å². The van der Waals surface area contributed by atoms with Gasteiger partial charge < -0.3 is 5.32 Å². The molecule has 0 aromatic heterocycles. The Hall–Kier alpha value is -0.900. The highest BCUT2D eigenvalue weighted by molar-refractivity contribution is 6.06. The Bertz CT molecular complexity index is 288. The second-order valence-electron chi connectivity index (χ2n) is 4.84. The van der Waals surface area contributed by atoms with Gasteiger partial charge in [-0.1, -0.05) is 0 Å². The molecule has 2 saturated heterocycles. The third-order valence-corrected chi connectivity index (χ3v) is 4.02. The first-order valence-corrected chi connectivity index (χ1v) is 5.86. The molecule has 0 radical (unpaired) electrons. The molecule has 3 atom stereocenters. The van der Waals surface area contributed by atoms with Gasteiger partial charge in [-0.15, -0.1) is 0 Å². The number of fused-ring (bicyclic) bond motifs is 1. The van der Waals surface area contributed by atoms with E-state index in [4.69, 9.17) is 0 Å². The van der Waals surface area contributed by atoms with Crippen LogP contribution in [-0.4, -0.2) is 35.8 Å². The van der Waals surface area contributed by atoms with Crippen molar-refractivity contribution < 1.29 is 9.59 Å². The van der Waals surface area contributed by atoms with E-state index in [0.29, 0.717) is 0 Å². The van der Waals surface area contributed by atoms with Gasteiger partial charge in [0.2, 0.25) is 11.8 Å². The number of amides is 2. The van der Waals surface area contributed by atoms with E-state index in [1.54, 1.807) is 4.90 Å².